The number of nitrogens with one attached hydrogen (secondary N) is 1. The monoisotopic (exact) mass is 400 g/mol. The van der Waals surface area contributed by atoms with Crippen molar-refractivity contribution >= 4 is 52.5 Å². The Labute approximate surface area is 166 Å². The normalized spacial score (nSPS) is 19.4. The van der Waals surface area contributed by atoms with E-state index in [-0.39, 0.29) is 30.1 Å². The number of hydrogen-bond acceptors (Lipinski definition) is 4. The summed E-state index contributed by atoms with van der Waals surface area (Å²) in [5.74, 6) is -0.255. The fourth-order valence-electron chi connectivity index (χ4n) is 2.95. The van der Waals surface area contributed by atoms with Crippen molar-refractivity contribution < 1.29 is 14.4 Å². The van der Waals surface area contributed by atoms with Gasteiger partial charge in [-0.15, -0.1) is 11.8 Å². The molecule has 2 aliphatic rings. The standard InChI is InChI=1S/C20H17ClN2O3S/c21-13-2-1-3-15(10-13)23-18(24)11-17(20(23)26)27-16-8-6-14(7-9-16)22-19(25)12-4-5-12/h1-3,6-10,12,17H,4-5,11H2,(H,22,25)/t17-/m1/s1. The molecule has 138 valence electrons. The van der Waals surface area contributed by atoms with Gasteiger partial charge in [-0.25, -0.2) is 4.90 Å². The molecule has 0 bridgehead atoms. The lowest BCUT2D eigenvalue weighted by Crippen LogP contribution is -2.31. The SMILES string of the molecule is O=C(Nc1ccc(S[C@@H]2CC(=O)N(c3cccc(Cl)c3)C2=O)cc1)C1CC1. The first-order valence-corrected chi connectivity index (χ1v) is 9.97. The Balaban J connectivity index is 1.43. The lowest BCUT2D eigenvalue weighted by Gasteiger charge is -2.15. The van der Waals surface area contributed by atoms with E-state index in [0.717, 1.165) is 23.4 Å². The number of amides is 3. The van der Waals surface area contributed by atoms with E-state index >= 15 is 0 Å². The van der Waals surface area contributed by atoms with Crippen LogP contribution in [0.25, 0.3) is 0 Å². The van der Waals surface area contributed by atoms with Crippen LogP contribution in [0.3, 0.4) is 0 Å². The number of nitrogens with zero attached hydrogens (tertiary/aromatic N) is 1. The highest BCUT2D eigenvalue weighted by Crippen LogP contribution is 2.35. The second-order valence-corrected chi connectivity index (χ2v) is 8.36. The second-order valence-electron chi connectivity index (χ2n) is 6.65. The topological polar surface area (TPSA) is 66.5 Å². The number of carbonyl (C=O) groups is 3. The van der Waals surface area contributed by atoms with Gasteiger partial charge in [-0.2, -0.15) is 0 Å². The Bertz CT molecular complexity index is 912. The highest BCUT2D eigenvalue weighted by molar-refractivity contribution is 8.00. The molecule has 1 aliphatic carbocycles. The van der Waals surface area contributed by atoms with Crippen LogP contribution in [0.15, 0.2) is 53.4 Å². The van der Waals surface area contributed by atoms with Crippen LogP contribution in [-0.2, 0) is 14.4 Å². The van der Waals surface area contributed by atoms with Crippen LogP contribution in [-0.4, -0.2) is 23.0 Å². The number of benzene rings is 2. The van der Waals surface area contributed by atoms with Crippen molar-refractivity contribution in [2.75, 3.05) is 10.2 Å². The molecule has 1 heterocycles. The first-order chi connectivity index (χ1) is 13.0. The number of hydrogen-bond donors (Lipinski definition) is 1. The minimum absolute atomic E-state index is 0.0594. The third kappa shape index (κ3) is 4.01. The van der Waals surface area contributed by atoms with Crippen molar-refractivity contribution in [1.29, 1.82) is 0 Å². The lowest BCUT2D eigenvalue weighted by molar-refractivity contribution is -0.121. The minimum Gasteiger partial charge on any atom is -0.326 e. The first kappa shape index (κ1) is 18.1. The molecular weight excluding hydrogens is 384 g/mol. The maximum atomic E-state index is 12.7. The summed E-state index contributed by atoms with van der Waals surface area (Å²) in [6, 6.07) is 14.1. The van der Waals surface area contributed by atoms with Gasteiger partial charge in [0.2, 0.25) is 17.7 Å². The number of anilines is 2. The summed E-state index contributed by atoms with van der Waals surface area (Å²) in [7, 11) is 0. The zero-order chi connectivity index (χ0) is 19.0. The highest BCUT2D eigenvalue weighted by atomic mass is 35.5. The zero-order valence-corrected chi connectivity index (χ0v) is 15.9. The zero-order valence-electron chi connectivity index (χ0n) is 14.4. The van der Waals surface area contributed by atoms with Gasteiger partial charge in [0, 0.05) is 27.9 Å². The molecule has 0 unspecified atom stereocenters. The molecule has 2 aromatic carbocycles. The average Bonchev–Trinajstić information content (AvgIpc) is 3.44. The molecule has 1 atom stereocenters. The fraction of sp³-hybridized carbons (Fsp3) is 0.250. The largest absolute Gasteiger partial charge is 0.326 e. The quantitative estimate of drug-likeness (QED) is 0.767. The van der Waals surface area contributed by atoms with Crippen LogP contribution in [0.2, 0.25) is 5.02 Å². The van der Waals surface area contributed by atoms with Crippen molar-refractivity contribution in [2.45, 2.75) is 29.4 Å². The number of imide groups is 1. The Kier molecular flexibility index (Phi) is 4.93. The maximum absolute atomic E-state index is 12.7. The summed E-state index contributed by atoms with van der Waals surface area (Å²) in [5.41, 5.74) is 1.24. The Morgan fingerprint density at radius 3 is 2.52 bits per heavy atom. The molecule has 7 heteroatoms. The van der Waals surface area contributed by atoms with E-state index in [1.165, 1.54) is 16.7 Å². The molecule has 0 aromatic heterocycles. The van der Waals surface area contributed by atoms with Gasteiger partial charge in [-0.1, -0.05) is 17.7 Å². The Hall–Kier alpha value is -2.31. The highest BCUT2D eigenvalue weighted by Gasteiger charge is 2.40. The molecule has 3 amide bonds. The lowest BCUT2D eigenvalue weighted by atomic mass is 10.3. The van der Waals surface area contributed by atoms with Crippen molar-refractivity contribution in [3.05, 3.63) is 53.6 Å². The third-order valence-electron chi connectivity index (χ3n) is 4.52. The second kappa shape index (κ2) is 7.37. The van der Waals surface area contributed by atoms with E-state index in [0.29, 0.717) is 10.7 Å². The van der Waals surface area contributed by atoms with Crippen molar-refractivity contribution in [3.63, 3.8) is 0 Å². The molecular formula is C20H17ClN2O3S. The first-order valence-electron chi connectivity index (χ1n) is 8.71. The van der Waals surface area contributed by atoms with Crippen LogP contribution in [0, 0.1) is 5.92 Å². The Morgan fingerprint density at radius 2 is 1.85 bits per heavy atom. The van der Waals surface area contributed by atoms with Crippen LogP contribution in [0.5, 0.6) is 0 Å². The average molecular weight is 401 g/mol. The van der Waals surface area contributed by atoms with E-state index in [1.807, 2.05) is 24.3 Å². The van der Waals surface area contributed by atoms with Gasteiger partial charge in [-0.3, -0.25) is 14.4 Å². The van der Waals surface area contributed by atoms with E-state index < -0.39 is 5.25 Å². The van der Waals surface area contributed by atoms with Gasteiger partial charge in [0.25, 0.3) is 0 Å². The van der Waals surface area contributed by atoms with Crippen molar-refractivity contribution in [2.24, 2.45) is 5.92 Å². The van der Waals surface area contributed by atoms with E-state index in [4.69, 9.17) is 11.6 Å². The van der Waals surface area contributed by atoms with Crippen LogP contribution in [0.4, 0.5) is 11.4 Å². The van der Waals surface area contributed by atoms with E-state index in [1.54, 1.807) is 24.3 Å². The summed E-state index contributed by atoms with van der Waals surface area (Å²) in [6.07, 6.45) is 2.07. The van der Waals surface area contributed by atoms with Crippen LogP contribution < -0.4 is 10.2 Å². The molecule has 1 N–H and O–H groups in total. The maximum Gasteiger partial charge on any atom is 0.247 e. The van der Waals surface area contributed by atoms with Gasteiger partial charge >= 0.3 is 0 Å². The molecule has 0 radical (unpaired) electrons. The predicted molar refractivity (Wildman–Crippen MR) is 106 cm³/mol. The summed E-state index contributed by atoms with van der Waals surface area (Å²) < 4.78 is 0. The van der Waals surface area contributed by atoms with Crippen LogP contribution in [0.1, 0.15) is 19.3 Å². The third-order valence-corrected chi connectivity index (χ3v) is 5.95. The molecule has 5 nitrogen and oxygen atoms in total. The van der Waals surface area contributed by atoms with E-state index in [9.17, 15) is 14.4 Å². The van der Waals surface area contributed by atoms with Crippen LogP contribution >= 0.6 is 23.4 Å². The molecule has 2 aromatic rings. The predicted octanol–water partition coefficient (Wildman–Crippen LogP) is 4.11. The fourth-order valence-corrected chi connectivity index (χ4v) is 4.19. The minimum atomic E-state index is -0.469. The van der Waals surface area contributed by atoms with Gasteiger partial charge < -0.3 is 5.32 Å². The summed E-state index contributed by atoms with van der Waals surface area (Å²) in [5, 5.41) is 2.89. The van der Waals surface area contributed by atoms with Crippen molar-refractivity contribution in [1.82, 2.24) is 0 Å². The number of halogens is 1. The van der Waals surface area contributed by atoms with Gasteiger partial charge in [0.15, 0.2) is 0 Å². The number of rotatable bonds is 5. The van der Waals surface area contributed by atoms with Gasteiger partial charge in [-0.05, 0) is 55.3 Å². The summed E-state index contributed by atoms with van der Waals surface area (Å²) in [6.45, 7) is 0. The van der Waals surface area contributed by atoms with Crippen molar-refractivity contribution in [3.8, 4) is 0 Å². The summed E-state index contributed by atoms with van der Waals surface area (Å²) in [4.78, 5) is 38.9. The molecule has 1 aliphatic heterocycles. The summed E-state index contributed by atoms with van der Waals surface area (Å²) >= 11 is 7.33. The smallest absolute Gasteiger partial charge is 0.247 e. The van der Waals surface area contributed by atoms with Gasteiger partial charge in [0.05, 0.1) is 10.9 Å². The molecule has 2 fully saturated rings. The molecule has 1 saturated carbocycles. The number of thioether (sulfide) groups is 1. The molecule has 1 saturated heterocycles. The van der Waals surface area contributed by atoms with Gasteiger partial charge in [0.1, 0.15) is 0 Å². The molecule has 0 spiro atoms. The van der Waals surface area contributed by atoms with E-state index in [2.05, 4.69) is 5.32 Å². The number of carbonyl (C=O) groups excluding carboxylic acids is 3. The molecule has 27 heavy (non-hydrogen) atoms. The Morgan fingerprint density at radius 1 is 1.11 bits per heavy atom. The molecule has 4 rings (SSSR count).